The largest absolute Gasteiger partial charge is 0.457 e. The van der Waals surface area contributed by atoms with E-state index < -0.39 is 23.0 Å². The molecular formula is C123H98BN3O. The number of para-hydroxylation sites is 3. The Hall–Kier alpha value is -14.8. The third-order valence-electron chi connectivity index (χ3n) is 28.4. The average molecular weight is 1640 g/mol. The van der Waals surface area contributed by atoms with E-state index in [1.54, 1.807) is 0 Å². The standard InChI is InChI=1S/C123H98BN3O/c1-119(2,3)91-71-95(81-44-22-13-23-45-81)117(96(72-91)82-46-24-14-25-47-82)126-110-75-104-109(125(93-56-30-17-31-57-93)108-62-36-34-60-102(108)121(104,7)8)77-106(110)124-107-78-115-105(122(9,10)103-61-35-37-63-114(103)128-115)76-111(107)127(113-70-88(69-112(126)116(113)124)85-64-65-101-99(68-85)94-58-32-33-59-100(94)123(101,89-52-26-15-27-53-89)90-54-28-16-29-55-90)118-97(86-50-38-48-83(66-86)79-40-18-11-19-41-79)73-92(120(4,5)6)74-98(118)87-51-39-49-84(67-87)80-42-20-12-21-43-80/h11-78H,1-10H3. The zero-order valence-corrected chi connectivity index (χ0v) is 74.1. The van der Waals surface area contributed by atoms with E-state index in [1.807, 2.05) is 0 Å². The smallest absolute Gasteiger partial charge is 0.252 e. The van der Waals surface area contributed by atoms with Crippen molar-refractivity contribution < 1.29 is 4.74 Å². The summed E-state index contributed by atoms with van der Waals surface area (Å²) < 4.78 is 7.65. The molecule has 0 N–H and O–H groups in total. The summed E-state index contributed by atoms with van der Waals surface area (Å²) in [6.45, 7) is 23.5. The van der Waals surface area contributed by atoms with Gasteiger partial charge < -0.3 is 19.4 Å². The van der Waals surface area contributed by atoms with Crippen molar-refractivity contribution in [2.75, 3.05) is 14.7 Å². The maximum atomic E-state index is 7.65. The molecular weight excluding hydrogens is 1550 g/mol. The molecule has 0 spiro atoms. The second-order valence-corrected chi connectivity index (χ2v) is 38.7. The van der Waals surface area contributed by atoms with Crippen molar-refractivity contribution in [1.82, 2.24) is 0 Å². The number of benzene rings is 18. The first-order valence-electron chi connectivity index (χ1n) is 45.3. The molecule has 0 aromatic heterocycles. The first-order valence-corrected chi connectivity index (χ1v) is 45.3. The number of hydrogen-bond donors (Lipinski definition) is 0. The van der Waals surface area contributed by atoms with Crippen LogP contribution < -0.4 is 35.8 Å². The highest BCUT2D eigenvalue weighted by Crippen LogP contribution is 2.62. The fraction of sp³-hybridized carbons (Fsp3) is 0.122. The van der Waals surface area contributed by atoms with Crippen LogP contribution in [0.1, 0.15) is 125 Å². The summed E-state index contributed by atoms with van der Waals surface area (Å²) in [6, 6.07) is 157. The Morgan fingerprint density at radius 1 is 0.234 bits per heavy atom. The second-order valence-electron chi connectivity index (χ2n) is 38.7. The monoisotopic (exact) mass is 1640 g/mol. The van der Waals surface area contributed by atoms with E-state index in [0.29, 0.717) is 0 Å². The minimum absolute atomic E-state index is 0.266. The Bertz CT molecular complexity index is 7270. The molecule has 18 aromatic carbocycles. The highest BCUT2D eigenvalue weighted by atomic mass is 16.5. The SMILES string of the molecule is CC(C)(C)c1cc(-c2cccc(-c3ccccc3)c2)c(N2c3cc4c(cc3B3c5cc6c(cc5N(c5c(-c7ccccc7)cc(C(C)(C)C)cc5-c5ccccc5)c5cc(-c7ccc8c(c7)-c7ccccc7C8(c7ccccc7)c7ccccc7)cc2c53)C(C)(C)c2ccccc2N6c2ccccc2)Oc2ccccc2C4(C)C)c(-c2cccc(-c3ccccc3)c2)c1. The summed E-state index contributed by atoms with van der Waals surface area (Å²) in [5.74, 6) is 1.72. The molecule has 4 heterocycles. The van der Waals surface area contributed by atoms with Gasteiger partial charge in [0.2, 0.25) is 0 Å². The van der Waals surface area contributed by atoms with E-state index in [-0.39, 0.29) is 10.8 Å². The molecule has 0 atom stereocenters. The third kappa shape index (κ3) is 12.3. The molecule has 0 saturated carbocycles. The Kier molecular flexibility index (Phi) is 18.1. The lowest BCUT2D eigenvalue weighted by Gasteiger charge is -2.48. The minimum Gasteiger partial charge on any atom is -0.457 e. The molecule has 128 heavy (non-hydrogen) atoms. The number of rotatable bonds is 12. The van der Waals surface area contributed by atoms with Crippen molar-refractivity contribution in [1.29, 1.82) is 0 Å². The van der Waals surface area contributed by atoms with E-state index in [9.17, 15) is 0 Å². The van der Waals surface area contributed by atoms with Crippen LogP contribution in [0.4, 0.5) is 51.2 Å². The van der Waals surface area contributed by atoms with Crippen molar-refractivity contribution in [3.63, 3.8) is 0 Å². The predicted octanol–water partition coefficient (Wildman–Crippen LogP) is 30.9. The number of anilines is 9. The molecule has 0 bridgehead atoms. The summed E-state index contributed by atoms with van der Waals surface area (Å²) in [4.78, 5) is 8.12. The topological polar surface area (TPSA) is 19.0 Å². The molecule has 4 aliphatic heterocycles. The lowest BCUT2D eigenvalue weighted by atomic mass is 9.33. The highest BCUT2D eigenvalue weighted by molar-refractivity contribution is 7.00. The maximum absolute atomic E-state index is 7.65. The van der Waals surface area contributed by atoms with Gasteiger partial charge in [-0.15, -0.1) is 0 Å². The zero-order chi connectivity index (χ0) is 86.7. The van der Waals surface area contributed by atoms with Gasteiger partial charge in [-0.25, -0.2) is 0 Å². The van der Waals surface area contributed by atoms with Crippen LogP contribution in [-0.4, -0.2) is 6.71 Å². The molecule has 0 saturated heterocycles. The van der Waals surface area contributed by atoms with Gasteiger partial charge in [0.25, 0.3) is 6.71 Å². The van der Waals surface area contributed by atoms with Gasteiger partial charge in [0.15, 0.2) is 0 Å². The highest BCUT2D eigenvalue weighted by Gasteiger charge is 2.52. The van der Waals surface area contributed by atoms with Gasteiger partial charge >= 0.3 is 0 Å². The maximum Gasteiger partial charge on any atom is 0.252 e. The first-order chi connectivity index (χ1) is 62.3. The Labute approximate surface area is 753 Å². The summed E-state index contributed by atoms with van der Waals surface area (Å²) in [7, 11) is 0. The van der Waals surface area contributed by atoms with E-state index >= 15 is 0 Å². The molecule has 614 valence electrons. The average Bonchev–Trinajstić information content (AvgIpc) is 0.718. The predicted molar refractivity (Wildman–Crippen MR) is 539 cm³/mol. The lowest BCUT2D eigenvalue weighted by Crippen LogP contribution is -2.62. The molecule has 5 aliphatic rings. The van der Waals surface area contributed by atoms with Crippen LogP contribution in [0.2, 0.25) is 0 Å². The normalized spacial score (nSPS) is 14.4. The number of hydrogen-bond acceptors (Lipinski definition) is 4. The van der Waals surface area contributed by atoms with Crippen LogP contribution in [0, 0.1) is 0 Å². The van der Waals surface area contributed by atoms with E-state index in [0.717, 1.165) is 157 Å². The van der Waals surface area contributed by atoms with Crippen LogP contribution in [0.3, 0.4) is 0 Å². The number of ether oxygens (including phenoxy) is 1. The molecule has 0 amide bonds. The zero-order valence-electron chi connectivity index (χ0n) is 74.1. The Morgan fingerprint density at radius 3 is 1.16 bits per heavy atom. The van der Waals surface area contributed by atoms with E-state index in [2.05, 4.69) is 496 Å². The molecule has 18 aromatic rings. The van der Waals surface area contributed by atoms with Gasteiger partial charge in [-0.05, 0) is 242 Å². The van der Waals surface area contributed by atoms with Gasteiger partial charge in [-0.2, -0.15) is 0 Å². The van der Waals surface area contributed by atoms with Gasteiger partial charge in [-0.1, -0.05) is 379 Å². The summed E-state index contributed by atoms with van der Waals surface area (Å²) in [6.07, 6.45) is 0. The molecule has 23 rings (SSSR count). The van der Waals surface area contributed by atoms with Crippen LogP contribution in [0.25, 0.3) is 89.0 Å². The molecule has 4 nitrogen and oxygen atoms in total. The van der Waals surface area contributed by atoms with Crippen molar-refractivity contribution >= 4 is 74.3 Å². The quantitative estimate of drug-likeness (QED) is 0.113. The van der Waals surface area contributed by atoms with Crippen molar-refractivity contribution in [3.05, 3.63) is 468 Å². The van der Waals surface area contributed by atoms with Crippen molar-refractivity contribution in [2.24, 2.45) is 0 Å². The molecule has 1 aliphatic carbocycles. The van der Waals surface area contributed by atoms with Gasteiger partial charge in [0, 0.05) is 78.3 Å². The molecule has 0 unspecified atom stereocenters. The van der Waals surface area contributed by atoms with Crippen molar-refractivity contribution in [3.8, 4) is 101 Å². The molecule has 0 radical (unpaired) electrons. The number of fused-ring (bicyclic) bond motifs is 11. The van der Waals surface area contributed by atoms with Crippen LogP contribution >= 0.6 is 0 Å². The first kappa shape index (κ1) is 78.0. The fourth-order valence-corrected chi connectivity index (χ4v) is 22.0. The third-order valence-corrected chi connectivity index (χ3v) is 28.4. The Morgan fingerprint density at radius 2 is 0.633 bits per heavy atom. The van der Waals surface area contributed by atoms with Gasteiger partial charge in [-0.3, -0.25) is 0 Å². The van der Waals surface area contributed by atoms with Crippen LogP contribution in [0.5, 0.6) is 11.5 Å². The summed E-state index contributed by atoms with van der Waals surface area (Å²) >= 11 is 0. The van der Waals surface area contributed by atoms with Gasteiger partial charge in [0.1, 0.15) is 11.5 Å². The second kappa shape index (κ2) is 29.7. The van der Waals surface area contributed by atoms with E-state index in [1.165, 1.54) is 66.6 Å². The van der Waals surface area contributed by atoms with Crippen molar-refractivity contribution in [2.45, 2.75) is 96.3 Å². The fourth-order valence-electron chi connectivity index (χ4n) is 22.0. The number of nitrogens with zero attached hydrogens (tertiary/aromatic N) is 3. The van der Waals surface area contributed by atoms with E-state index in [4.69, 9.17) is 4.74 Å². The van der Waals surface area contributed by atoms with Crippen LogP contribution in [-0.2, 0) is 27.1 Å². The van der Waals surface area contributed by atoms with Crippen LogP contribution in [0.15, 0.2) is 413 Å². The minimum atomic E-state index is -0.633. The summed E-state index contributed by atoms with van der Waals surface area (Å²) in [5.41, 5.74) is 41.5. The molecule has 0 fully saturated rings. The lowest BCUT2D eigenvalue weighted by molar-refractivity contribution is 0.418. The summed E-state index contributed by atoms with van der Waals surface area (Å²) in [5, 5.41) is 0. The van der Waals surface area contributed by atoms with Gasteiger partial charge in [0.05, 0.1) is 22.5 Å². The molecule has 5 heteroatoms. The Balaban J connectivity index is 0.932.